The van der Waals surface area contributed by atoms with Crippen LogP contribution in [0.5, 0.6) is 0 Å². The second-order valence-electron chi connectivity index (χ2n) is 6.42. The van der Waals surface area contributed by atoms with Gasteiger partial charge in [-0.25, -0.2) is 0 Å². The summed E-state index contributed by atoms with van der Waals surface area (Å²) in [5.41, 5.74) is 0. The molecule has 1 aliphatic carbocycles. The Morgan fingerprint density at radius 1 is 1.24 bits per heavy atom. The fraction of sp³-hybridized carbons (Fsp3) is 0.812. The van der Waals surface area contributed by atoms with Crippen molar-refractivity contribution in [2.45, 2.75) is 64.3 Å². The number of aryl methyl sites for hydroxylation is 1. The predicted molar refractivity (Wildman–Crippen MR) is 80.8 cm³/mol. The van der Waals surface area contributed by atoms with Crippen molar-refractivity contribution in [3.8, 4) is 0 Å². The first-order valence-electron chi connectivity index (χ1n) is 8.46. The van der Waals surface area contributed by atoms with E-state index in [2.05, 4.69) is 26.6 Å². The highest BCUT2D eigenvalue weighted by atomic mass is 16.2. The molecule has 0 spiro atoms. The van der Waals surface area contributed by atoms with Gasteiger partial charge in [-0.3, -0.25) is 4.79 Å². The fourth-order valence-corrected chi connectivity index (χ4v) is 3.78. The summed E-state index contributed by atoms with van der Waals surface area (Å²) in [5, 5.41) is 8.18. The monoisotopic (exact) mass is 290 g/mol. The number of carbonyl (C=O) groups is 1. The van der Waals surface area contributed by atoms with Gasteiger partial charge in [0, 0.05) is 25.4 Å². The highest BCUT2D eigenvalue weighted by Crippen LogP contribution is 2.29. The second kappa shape index (κ2) is 6.58. The maximum atomic E-state index is 12.7. The van der Waals surface area contributed by atoms with Crippen molar-refractivity contribution in [1.29, 1.82) is 0 Å². The van der Waals surface area contributed by atoms with E-state index in [4.69, 9.17) is 0 Å². The van der Waals surface area contributed by atoms with Crippen LogP contribution in [0.1, 0.15) is 63.7 Å². The van der Waals surface area contributed by atoms with Gasteiger partial charge >= 0.3 is 0 Å². The Hall–Kier alpha value is -1.39. The number of amides is 1. The lowest BCUT2D eigenvalue weighted by molar-refractivity contribution is -0.135. The largest absolute Gasteiger partial charge is 0.340 e. The molecule has 2 fully saturated rings. The molecule has 1 saturated heterocycles. The van der Waals surface area contributed by atoms with Crippen LogP contribution in [-0.2, 0) is 11.2 Å². The van der Waals surface area contributed by atoms with Crippen LogP contribution < -0.4 is 0 Å². The number of aromatic nitrogens is 3. The number of nitrogens with zero attached hydrogens (tertiary/aromatic N) is 4. The van der Waals surface area contributed by atoms with Crippen molar-refractivity contribution in [3.63, 3.8) is 0 Å². The van der Waals surface area contributed by atoms with Crippen LogP contribution in [0.2, 0.25) is 0 Å². The van der Waals surface area contributed by atoms with Crippen molar-refractivity contribution in [2.75, 3.05) is 13.1 Å². The lowest BCUT2D eigenvalue weighted by Crippen LogP contribution is -2.34. The highest BCUT2D eigenvalue weighted by Gasteiger charge is 2.32. The van der Waals surface area contributed by atoms with Crippen molar-refractivity contribution < 1.29 is 4.79 Å². The van der Waals surface area contributed by atoms with E-state index in [0.29, 0.717) is 11.9 Å². The molecule has 0 aromatic carbocycles. The summed E-state index contributed by atoms with van der Waals surface area (Å²) < 4.78 is 2.17. The minimum absolute atomic E-state index is 0.276. The first kappa shape index (κ1) is 14.5. The zero-order chi connectivity index (χ0) is 14.7. The molecule has 0 bridgehead atoms. The van der Waals surface area contributed by atoms with Gasteiger partial charge in [-0.15, -0.1) is 10.2 Å². The van der Waals surface area contributed by atoms with Crippen molar-refractivity contribution in [2.24, 2.45) is 5.92 Å². The van der Waals surface area contributed by atoms with E-state index in [1.807, 2.05) is 6.33 Å². The average Bonchev–Trinajstić information content (AvgIpc) is 3.08. The normalized spacial score (nSPS) is 24.2. The van der Waals surface area contributed by atoms with Gasteiger partial charge in [0.1, 0.15) is 12.2 Å². The Balaban J connectivity index is 1.62. The van der Waals surface area contributed by atoms with Crippen molar-refractivity contribution in [1.82, 2.24) is 19.7 Å². The van der Waals surface area contributed by atoms with Gasteiger partial charge in [-0.05, 0) is 19.3 Å². The second-order valence-corrected chi connectivity index (χ2v) is 6.42. The number of likely N-dealkylation sites (tertiary alicyclic amines) is 1. The smallest absolute Gasteiger partial charge is 0.225 e. The molecule has 1 atom stereocenters. The number of hydrogen-bond donors (Lipinski definition) is 0. The Bertz CT molecular complexity index is 476. The lowest BCUT2D eigenvalue weighted by Gasteiger charge is -2.23. The summed E-state index contributed by atoms with van der Waals surface area (Å²) in [6, 6.07) is 0.365. The summed E-state index contributed by atoms with van der Waals surface area (Å²) in [5.74, 6) is 1.70. The average molecular weight is 290 g/mol. The molecule has 1 amide bonds. The Labute approximate surface area is 126 Å². The maximum Gasteiger partial charge on any atom is 0.225 e. The van der Waals surface area contributed by atoms with E-state index in [-0.39, 0.29) is 5.92 Å². The van der Waals surface area contributed by atoms with Crippen LogP contribution in [0.4, 0.5) is 0 Å². The molecule has 0 N–H and O–H groups in total. The molecule has 116 valence electrons. The fourth-order valence-electron chi connectivity index (χ4n) is 3.78. The first-order chi connectivity index (χ1) is 10.3. The van der Waals surface area contributed by atoms with Gasteiger partial charge in [-0.2, -0.15) is 0 Å². The third-order valence-corrected chi connectivity index (χ3v) is 5.04. The van der Waals surface area contributed by atoms with Crippen molar-refractivity contribution >= 4 is 5.91 Å². The zero-order valence-corrected chi connectivity index (χ0v) is 13.0. The molecule has 0 radical (unpaired) electrons. The molecule has 1 aliphatic heterocycles. The Morgan fingerprint density at radius 3 is 2.71 bits per heavy atom. The molecule has 2 aliphatic rings. The maximum absolute atomic E-state index is 12.7. The minimum atomic E-state index is 0.276. The van der Waals surface area contributed by atoms with E-state index in [1.54, 1.807) is 0 Å². The van der Waals surface area contributed by atoms with E-state index in [0.717, 1.165) is 44.6 Å². The summed E-state index contributed by atoms with van der Waals surface area (Å²) in [6.07, 6.45) is 11.0. The van der Waals surface area contributed by atoms with Gasteiger partial charge in [-0.1, -0.05) is 32.6 Å². The standard InChI is InChI=1S/C16H26N4O/c1-2-15-18-17-12-20(15)14-9-10-19(11-14)16(21)13-7-5-3-4-6-8-13/h12-14H,2-11H2,1H3. The molecular weight excluding hydrogens is 264 g/mol. The summed E-state index contributed by atoms with van der Waals surface area (Å²) in [6.45, 7) is 3.83. The van der Waals surface area contributed by atoms with Crippen LogP contribution in [0, 0.1) is 5.92 Å². The van der Waals surface area contributed by atoms with E-state index in [1.165, 1.54) is 25.7 Å². The van der Waals surface area contributed by atoms with Gasteiger partial charge in [0.15, 0.2) is 0 Å². The first-order valence-corrected chi connectivity index (χ1v) is 8.46. The topological polar surface area (TPSA) is 51.0 Å². The van der Waals surface area contributed by atoms with Crippen LogP contribution >= 0.6 is 0 Å². The lowest BCUT2D eigenvalue weighted by atomic mass is 9.99. The van der Waals surface area contributed by atoms with E-state index in [9.17, 15) is 4.79 Å². The van der Waals surface area contributed by atoms with Gasteiger partial charge in [0.25, 0.3) is 0 Å². The van der Waals surface area contributed by atoms with Gasteiger partial charge < -0.3 is 9.47 Å². The molecule has 1 saturated carbocycles. The van der Waals surface area contributed by atoms with E-state index >= 15 is 0 Å². The summed E-state index contributed by atoms with van der Waals surface area (Å²) in [4.78, 5) is 14.8. The predicted octanol–water partition coefficient (Wildman–Crippen LogP) is 2.58. The van der Waals surface area contributed by atoms with Crippen LogP contribution in [0.15, 0.2) is 6.33 Å². The van der Waals surface area contributed by atoms with Crippen LogP contribution in [-0.4, -0.2) is 38.7 Å². The van der Waals surface area contributed by atoms with Crippen LogP contribution in [0.25, 0.3) is 0 Å². The zero-order valence-electron chi connectivity index (χ0n) is 13.0. The molecule has 1 aromatic heterocycles. The molecule has 1 unspecified atom stereocenters. The minimum Gasteiger partial charge on any atom is -0.340 e. The molecule has 5 nitrogen and oxygen atoms in total. The molecule has 2 heterocycles. The van der Waals surface area contributed by atoms with Crippen molar-refractivity contribution in [3.05, 3.63) is 12.2 Å². The Morgan fingerprint density at radius 2 is 2.00 bits per heavy atom. The summed E-state index contributed by atoms with van der Waals surface area (Å²) >= 11 is 0. The summed E-state index contributed by atoms with van der Waals surface area (Å²) in [7, 11) is 0. The van der Waals surface area contributed by atoms with Gasteiger partial charge in [0.2, 0.25) is 5.91 Å². The molecule has 5 heteroatoms. The third kappa shape index (κ3) is 3.11. The highest BCUT2D eigenvalue weighted by molar-refractivity contribution is 5.79. The Kier molecular flexibility index (Phi) is 4.56. The number of rotatable bonds is 3. The number of hydrogen-bond acceptors (Lipinski definition) is 3. The molecular formula is C16H26N4O. The molecule has 21 heavy (non-hydrogen) atoms. The molecule has 1 aromatic rings. The van der Waals surface area contributed by atoms with E-state index < -0.39 is 0 Å². The molecule has 3 rings (SSSR count). The quantitative estimate of drug-likeness (QED) is 0.804. The SMILES string of the molecule is CCc1nncn1C1CCN(C(=O)C2CCCCCC2)C1. The third-order valence-electron chi connectivity index (χ3n) is 5.04. The van der Waals surface area contributed by atoms with Crippen LogP contribution in [0.3, 0.4) is 0 Å². The number of carbonyl (C=O) groups excluding carboxylic acids is 1. The van der Waals surface area contributed by atoms with Gasteiger partial charge in [0.05, 0.1) is 6.04 Å².